The molecule has 1 saturated heterocycles. The quantitative estimate of drug-likeness (QED) is 0.818. The molecular weight excluding hydrogens is 220 g/mol. The topological polar surface area (TPSA) is 60.9 Å². The van der Waals surface area contributed by atoms with Crippen LogP contribution in [0.1, 0.15) is 33.1 Å². The summed E-state index contributed by atoms with van der Waals surface area (Å²) in [5.74, 6) is -1.03. The lowest BCUT2D eigenvalue weighted by Gasteiger charge is -2.35. The Hall–Kier alpha value is -1.26. The van der Waals surface area contributed by atoms with Crippen molar-refractivity contribution in [2.45, 2.75) is 39.2 Å². The SMILES string of the molecule is CC(C)[C@@H](C(=O)O)N(C)C(=O)N1CCCCC1. The average Bonchev–Trinajstić information content (AvgIpc) is 2.28. The maximum absolute atomic E-state index is 12.1. The fourth-order valence-corrected chi connectivity index (χ4v) is 2.33. The van der Waals surface area contributed by atoms with Gasteiger partial charge < -0.3 is 14.9 Å². The first-order chi connectivity index (χ1) is 7.95. The third-order valence-electron chi connectivity index (χ3n) is 3.23. The van der Waals surface area contributed by atoms with Crippen molar-refractivity contribution in [3.63, 3.8) is 0 Å². The zero-order chi connectivity index (χ0) is 13.0. The number of urea groups is 1. The van der Waals surface area contributed by atoms with Gasteiger partial charge in [-0.3, -0.25) is 0 Å². The maximum Gasteiger partial charge on any atom is 0.326 e. The summed E-state index contributed by atoms with van der Waals surface area (Å²) in [6, 6.07) is -0.907. The van der Waals surface area contributed by atoms with Crippen LogP contribution in [0.5, 0.6) is 0 Å². The summed E-state index contributed by atoms with van der Waals surface area (Å²) in [7, 11) is 1.58. The molecule has 0 radical (unpaired) electrons. The Balaban J connectivity index is 2.68. The minimum absolute atomic E-state index is 0.0914. The number of carboxylic acids is 1. The number of carboxylic acid groups (broad SMARTS) is 1. The molecule has 5 heteroatoms. The Morgan fingerprint density at radius 3 is 2.12 bits per heavy atom. The molecule has 1 atom stereocenters. The number of rotatable bonds is 3. The summed E-state index contributed by atoms with van der Waals surface area (Å²) in [5, 5.41) is 9.15. The molecule has 0 aliphatic carbocycles. The highest BCUT2D eigenvalue weighted by Crippen LogP contribution is 2.15. The molecule has 0 aromatic rings. The lowest BCUT2D eigenvalue weighted by Crippen LogP contribution is -2.52. The summed E-state index contributed by atoms with van der Waals surface area (Å²) in [5.41, 5.74) is 0. The molecule has 0 aromatic heterocycles. The largest absolute Gasteiger partial charge is 0.480 e. The Bertz CT molecular complexity index is 285. The van der Waals surface area contributed by atoms with Crippen LogP contribution in [-0.4, -0.2) is 53.1 Å². The molecule has 1 heterocycles. The van der Waals surface area contributed by atoms with Gasteiger partial charge in [-0.05, 0) is 25.2 Å². The van der Waals surface area contributed by atoms with Crippen LogP contribution in [0.25, 0.3) is 0 Å². The summed E-state index contributed by atoms with van der Waals surface area (Å²) in [6.07, 6.45) is 3.18. The van der Waals surface area contributed by atoms with Crippen LogP contribution in [-0.2, 0) is 4.79 Å². The van der Waals surface area contributed by atoms with E-state index < -0.39 is 12.0 Å². The molecule has 0 saturated carbocycles. The molecule has 0 unspecified atom stereocenters. The Morgan fingerprint density at radius 1 is 1.18 bits per heavy atom. The Kier molecular flexibility index (Phi) is 4.78. The molecule has 17 heavy (non-hydrogen) atoms. The van der Waals surface area contributed by atoms with Crippen molar-refractivity contribution in [1.82, 2.24) is 9.80 Å². The number of hydrogen-bond acceptors (Lipinski definition) is 2. The van der Waals surface area contributed by atoms with E-state index in [2.05, 4.69) is 0 Å². The number of likely N-dealkylation sites (tertiary alicyclic amines) is 1. The van der Waals surface area contributed by atoms with E-state index in [9.17, 15) is 9.59 Å². The Morgan fingerprint density at radius 2 is 1.71 bits per heavy atom. The molecule has 1 rings (SSSR count). The third-order valence-corrected chi connectivity index (χ3v) is 3.23. The van der Waals surface area contributed by atoms with Gasteiger partial charge in [0.25, 0.3) is 0 Å². The standard InChI is InChI=1S/C12H22N2O3/c1-9(2)10(11(15)16)13(3)12(17)14-7-5-4-6-8-14/h9-10H,4-8H2,1-3H3,(H,15,16)/t10-/m0/s1. The first-order valence-electron chi connectivity index (χ1n) is 6.19. The molecule has 1 N–H and O–H groups in total. The van der Waals surface area contributed by atoms with Crippen molar-refractivity contribution in [2.24, 2.45) is 5.92 Å². The number of amides is 2. The summed E-state index contributed by atoms with van der Waals surface area (Å²) in [6.45, 7) is 5.12. The van der Waals surface area contributed by atoms with Crippen LogP contribution in [0.4, 0.5) is 4.79 Å². The minimum atomic E-state index is -0.937. The highest BCUT2D eigenvalue weighted by Gasteiger charge is 2.32. The van der Waals surface area contributed by atoms with Crippen LogP contribution < -0.4 is 0 Å². The summed E-state index contributed by atoms with van der Waals surface area (Å²) in [4.78, 5) is 26.4. The van der Waals surface area contributed by atoms with Gasteiger partial charge in [0.05, 0.1) is 0 Å². The van der Waals surface area contributed by atoms with Crippen LogP contribution >= 0.6 is 0 Å². The zero-order valence-corrected chi connectivity index (χ0v) is 10.8. The summed E-state index contributed by atoms with van der Waals surface area (Å²) >= 11 is 0. The lowest BCUT2D eigenvalue weighted by atomic mass is 10.0. The second-order valence-corrected chi connectivity index (χ2v) is 4.97. The minimum Gasteiger partial charge on any atom is -0.480 e. The molecule has 0 bridgehead atoms. The monoisotopic (exact) mass is 242 g/mol. The van der Waals surface area contributed by atoms with E-state index in [4.69, 9.17) is 5.11 Å². The van der Waals surface area contributed by atoms with Gasteiger partial charge in [-0.15, -0.1) is 0 Å². The van der Waals surface area contributed by atoms with Crippen molar-refractivity contribution < 1.29 is 14.7 Å². The van der Waals surface area contributed by atoms with Gasteiger partial charge in [0.15, 0.2) is 0 Å². The second-order valence-electron chi connectivity index (χ2n) is 4.97. The number of carbonyl (C=O) groups is 2. The molecule has 0 aromatic carbocycles. The van der Waals surface area contributed by atoms with Crippen molar-refractivity contribution in [3.05, 3.63) is 0 Å². The van der Waals surface area contributed by atoms with Gasteiger partial charge in [-0.1, -0.05) is 13.8 Å². The van der Waals surface area contributed by atoms with Crippen LogP contribution in [0.3, 0.4) is 0 Å². The number of piperidine rings is 1. The first-order valence-corrected chi connectivity index (χ1v) is 6.19. The van der Waals surface area contributed by atoms with Crippen LogP contribution in [0.2, 0.25) is 0 Å². The molecule has 1 fully saturated rings. The third kappa shape index (κ3) is 3.35. The van der Waals surface area contributed by atoms with E-state index in [-0.39, 0.29) is 11.9 Å². The fraction of sp³-hybridized carbons (Fsp3) is 0.833. The molecule has 1 aliphatic rings. The van der Waals surface area contributed by atoms with E-state index in [1.165, 1.54) is 4.90 Å². The molecule has 5 nitrogen and oxygen atoms in total. The second kappa shape index (κ2) is 5.89. The van der Waals surface area contributed by atoms with Gasteiger partial charge in [-0.2, -0.15) is 0 Å². The zero-order valence-electron chi connectivity index (χ0n) is 10.8. The maximum atomic E-state index is 12.1. The van der Waals surface area contributed by atoms with Gasteiger partial charge in [0, 0.05) is 20.1 Å². The fourth-order valence-electron chi connectivity index (χ4n) is 2.33. The number of hydrogen-bond donors (Lipinski definition) is 1. The van der Waals surface area contributed by atoms with Gasteiger partial charge in [0.1, 0.15) is 6.04 Å². The molecule has 0 spiro atoms. The van der Waals surface area contributed by atoms with Crippen molar-refractivity contribution in [1.29, 1.82) is 0 Å². The molecule has 1 aliphatic heterocycles. The van der Waals surface area contributed by atoms with E-state index in [1.54, 1.807) is 11.9 Å². The average molecular weight is 242 g/mol. The van der Waals surface area contributed by atoms with Crippen molar-refractivity contribution in [2.75, 3.05) is 20.1 Å². The molecular formula is C12H22N2O3. The lowest BCUT2D eigenvalue weighted by molar-refractivity contribution is -0.143. The molecule has 2 amide bonds. The predicted octanol–water partition coefficient (Wildman–Crippen LogP) is 1.63. The smallest absolute Gasteiger partial charge is 0.326 e. The predicted molar refractivity (Wildman–Crippen MR) is 64.8 cm³/mol. The Labute approximate surface area is 102 Å². The first kappa shape index (κ1) is 13.8. The van der Waals surface area contributed by atoms with Gasteiger partial charge in [0.2, 0.25) is 0 Å². The van der Waals surface area contributed by atoms with Crippen LogP contribution in [0.15, 0.2) is 0 Å². The summed E-state index contributed by atoms with van der Waals surface area (Å²) < 4.78 is 0. The highest BCUT2D eigenvalue weighted by atomic mass is 16.4. The van der Waals surface area contributed by atoms with Gasteiger partial charge in [-0.25, -0.2) is 9.59 Å². The van der Waals surface area contributed by atoms with Crippen LogP contribution in [0, 0.1) is 5.92 Å². The van der Waals surface area contributed by atoms with Gasteiger partial charge >= 0.3 is 12.0 Å². The van der Waals surface area contributed by atoms with E-state index in [0.29, 0.717) is 0 Å². The normalized spacial score (nSPS) is 18.0. The number of likely N-dealkylation sites (N-methyl/N-ethyl adjacent to an activating group) is 1. The van der Waals surface area contributed by atoms with E-state index in [0.717, 1.165) is 32.4 Å². The van der Waals surface area contributed by atoms with Crippen molar-refractivity contribution >= 4 is 12.0 Å². The van der Waals surface area contributed by atoms with Crippen molar-refractivity contribution in [3.8, 4) is 0 Å². The highest BCUT2D eigenvalue weighted by molar-refractivity contribution is 5.82. The number of aliphatic carboxylic acids is 1. The number of carbonyl (C=O) groups excluding carboxylic acids is 1. The molecule has 98 valence electrons. The van der Waals surface area contributed by atoms with E-state index >= 15 is 0 Å². The van der Waals surface area contributed by atoms with E-state index in [1.807, 2.05) is 13.8 Å². The number of nitrogens with zero attached hydrogens (tertiary/aromatic N) is 2.